The van der Waals surface area contributed by atoms with E-state index in [1.807, 2.05) is 31.2 Å². The van der Waals surface area contributed by atoms with Crippen LogP contribution in [-0.4, -0.2) is 47.7 Å². The highest BCUT2D eigenvalue weighted by Crippen LogP contribution is 2.40. The summed E-state index contributed by atoms with van der Waals surface area (Å²) in [5.74, 6) is -0.435. The monoisotopic (exact) mass is 440 g/mol. The van der Waals surface area contributed by atoms with E-state index >= 15 is 0 Å². The summed E-state index contributed by atoms with van der Waals surface area (Å²) < 4.78 is 32.6. The Labute approximate surface area is 188 Å². The van der Waals surface area contributed by atoms with Crippen molar-refractivity contribution >= 4 is 6.09 Å². The first-order valence-corrected chi connectivity index (χ1v) is 11.3. The molecular formula is C26H30F2N2O2. The lowest BCUT2D eigenvalue weighted by Crippen LogP contribution is -2.45. The van der Waals surface area contributed by atoms with Crippen LogP contribution in [0.25, 0.3) is 0 Å². The van der Waals surface area contributed by atoms with Gasteiger partial charge in [-0.1, -0.05) is 30.8 Å². The number of nitrogens with zero attached hydrogens (tertiary/aromatic N) is 2. The topological polar surface area (TPSA) is 32.8 Å². The summed E-state index contributed by atoms with van der Waals surface area (Å²) in [6, 6.07) is 13.2. The Kier molecular flexibility index (Phi) is 6.60. The van der Waals surface area contributed by atoms with Crippen molar-refractivity contribution in [1.82, 2.24) is 9.80 Å². The molecule has 0 bridgehead atoms. The van der Waals surface area contributed by atoms with E-state index in [0.29, 0.717) is 6.54 Å². The summed E-state index contributed by atoms with van der Waals surface area (Å²) in [5.41, 5.74) is 2.31. The van der Waals surface area contributed by atoms with Crippen LogP contribution < -0.4 is 0 Å². The van der Waals surface area contributed by atoms with E-state index in [-0.39, 0.29) is 23.6 Å². The average molecular weight is 441 g/mol. The maximum Gasteiger partial charge on any atom is 0.415 e. The first-order valence-electron chi connectivity index (χ1n) is 11.3. The largest absolute Gasteiger partial charge is 0.436 e. The van der Waals surface area contributed by atoms with Gasteiger partial charge < -0.3 is 9.64 Å². The minimum Gasteiger partial charge on any atom is -0.436 e. The number of ether oxygens (including phenoxy) is 1. The number of halogens is 2. The molecule has 0 atom stereocenters. The minimum atomic E-state index is -0.547. The van der Waals surface area contributed by atoms with Crippen LogP contribution in [-0.2, 0) is 4.74 Å². The zero-order chi connectivity index (χ0) is 22.7. The second-order valence-corrected chi connectivity index (χ2v) is 8.69. The molecule has 2 aromatic carbocycles. The fraction of sp³-hybridized carbons (Fsp3) is 0.423. The van der Waals surface area contributed by atoms with Crippen LogP contribution in [0.1, 0.15) is 49.7 Å². The first-order chi connectivity index (χ1) is 15.4. The molecule has 2 fully saturated rings. The number of hydrogen-bond donors (Lipinski definition) is 0. The summed E-state index contributed by atoms with van der Waals surface area (Å²) in [7, 11) is 0. The normalized spacial score (nSPS) is 18.6. The second-order valence-electron chi connectivity index (χ2n) is 8.69. The quantitative estimate of drug-likeness (QED) is 0.554. The summed E-state index contributed by atoms with van der Waals surface area (Å²) in [6.45, 7) is 9.26. The van der Waals surface area contributed by atoms with Crippen molar-refractivity contribution in [1.29, 1.82) is 0 Å². The maximum atomic E-state index is 13.4. The average Bonchev–Trinajstić information content (AvgIpc) is 3.03. The molecule has 1 amide bonds. The Hall–Kier alpha value is -2.73. The lowest BCUT2D eigenvalue weighted by Gasteiger charge is -2.38. The van der Waals surface area contributed by atoms with Gasteiger partial charge in [0, 0.05) is 38.4 Å². The number of likely N-dealkylation sites (N-methyl/N-ethyl adjacent to an activating group) is 1. The van der Waals surface area contributed by atoms with Gasteiger partial charge in [0.2, 0.25) is 0 Å². The molecule has 0 N–H and O–H groups in total. The molecule has 2 aliphatic rings. The predicted octanol–water partition coefficient (Wildman–Crippen LogP) is 5.70. The van der Waals surface area contributed by atoms with Crippen molar-refractivity contribution in [2.45, 2.75) is 44.1 Å². The number of benzene rings is 2. The second kappa shape index (κ2) is 9.41. The smallest absolute Gasteiger partial charge is 0.415 e. The number of carbonyl (C=O) groups is 1. The molecule has 4 rings (SSSR count). The number of piperidine rings is 1. The van der Waals surface area contributed by atoms with Crippen molar-refractivity contribution in [3.05, 3.63) is 83.6 Å². The molecule has 32 heavy (non-hydrogen) atoms. The molecule has 6 heteroatoms. The van der Waals surface area contributed by atoms with E-state index in [4.69, 9.17) is 4.74 Å². The van der Waals surface area contributed by atoms with Crippen molar-refractivity contribution < 1.29 is 18.3 Å². The van der Waals surface area contributed by atoms with E-state index in [2.05, 4.69) is 11.5 Å². The zero-order valence-corrected chi connectivity index (χ0v) is 18.5. The Balaban J connectivity index is 1.36. The minimum absolute atomic E-state index is 0.0843. The van der Waals surface area contributed by atoms with Crippen molar-refractivity contribution in [2.75, 3.05) is 26.2 Å². The van der Waals surface area contributed by atoms with Crippen molar-refractivity contribution in [3.63, 3.8) is 0 Å². The molecule has 2 aliphatic heterocycles. The third-order valence-corrected chi connectivity index (χ3v) is 6.85. The van der Waals surface area contributed by atoms with Crippen LogP contribution in [0.2, 0.25) is 0 Å². The molecule has 0 saturated carbocycles. The van der Waals surface area contributed by atoms with Gasteiger partial charge in [0.25, 0.3) is 0 Å². The SMILES string of the molecule is C=C1N(CC)C(=O)OC12CCN(CCCC(c1ccc(F)cc1)c1ccc(F)cc1)CC2. The summed E-state index contributed by atoms with van der Waals surface area (Å²) in [5, 5.41) is 0. The number of carbonyl (C=O) groups excluding carboxylic acids is 1. The molecule has 2 aromatic rings. The summed E-state index contributed by atoms with van der Waals surface area (Å²) in [4.78, 5) is 16.1. The van der Waals surface area contributed by atoms with Crippen LogP contribution >= 0.6 is 0 Å². The van der Waals surface area contributed by atoms with Crippen molar-refractivity contribution in [3.8, 4) is 0 Å². The van der Waals surface area contributed by atoms with Gasteiger partial charge in [-0.15, -0.1) is 0 Å². The summed E-state index contributed by atoms with van der Waals surface area (Å²) >= 11 is 0. The molecule has 1 spiro atoms. The van der Waals surface area contributed by atoms with Crippen LogP contribution in [0.3, 0.4) is 0 Å². The molecule has 0 aliphatic carbocycles. The molecule has 2 heterocycles. The third-order valence-electron chi connectivity index (χ3n) is 6.85. The molecule has 0 aromatic heterocycles. The molecular weight excluding hydrogens is 410 g/mol. The standard InChI is InChI=1S/C26H30F2N2O2/c1-3-30-19(2)26(32-25(30)31)14-17-29(18-15-26)16-4-5-24(20-6-10-22(27)11-7-20)21-8-12-23(28)13-9-21/h6-13,24H,2-5,14-18H2,1H3. The summed E-state index contributed by atoms with van der Waals surface area (Å²) in [6.07, 6.45) is 3.06. The number of likely N-dealkylation sites (tertiary alicyclic amines) is 1. The fourth-order valence-electron chi connectivity index (χ4n) is 4.92. The van der Waals surface area contributed by atoms with E-state index in [1.165, 1.54) is 24.3 Å². The highest BCUT2D eigenvalue weighted by atomic mass is 19.1. The molecule has 4 nitrogen and oxygen atoms in total. The van der Waals surface area contributed by atoms with Crippen LogP contribution in [0, 0.1) is 11.6 Å². The van der Waals surface area contributed by atoms with E-state index in [0.717, 1.165) is 62.1 Å². The fourth-order valence-corrected chi connectivity index (χ4v) is 4.92. The highest BCUT2D eigenvalue weighted by Gasteiger charge is 2.49. The van der Waals surface area contributed by atoms with Gasteiger partial charge in [-0.25, -0.2) is 13.6 Å². The van der Waals surface area contributed by atoms with Gasteiger partial charge in [-0.05, 0) is 61.7 Å². The van der Waals surface area contributed by atoms with Crippen LogP contribution in [0.4, 0.5) is 13.6 Å². The maximum absolute atomic E-state index is 13.4. The third kappa shape index (κ3) is 4.56. The van der Waals surface area contributed by atoms with E-state index < -0.39 is 5.60 Å². The van der Waals surface area contributed by atoms with Gasteiger partial charge in [0.05, 0.1) is 5.70 Å². The molecule has 170 valence electrons. The lowest BCUT2D eigenvalue weighted by molar-refractivity contribution is 0.0144. The number of amides is 1. The Morgan fingerprint density at radius 2 is 1.53 bits per heavy atom. The van der Waals surface area contributed by atoms with Gasteiger partial charge in [-0.3, -0.25) is 4.90 Å². The van der Waals surface area contributed by atoms with Gasteiger partial charge in [0.1, 0.15) is 11.6 Å². The van der Waals surface area contributed by atoms with Gasteiger partial charge >= 0.3 is 6.09 Å². The highest BCUT2D eigenvalue weighted by molar-refractivity contribution is 5.74. The first kappa shape index (κ1) is 22.5. The van der Waals surface area contributed by atoms with Gasteiger partial charge in [-0.2, -0.15) is 0 Å². The van der Waals surface area contributed by atoms with E-state index in [9.17, 15) is 13.6 Å². The number of hydrogen-bond acceptors (Lipinski definition) is 3. The molecule has 0 unspecified atom stereocenters. The van der Waals surface area contributed by atoms with Crippen molar-refractivity contribution in [2.24, 2.45) is 0 Å². The van der Waals surface area contributed by atoms with Crippen LogP contribution in [0.15, 0.2) is 60.8 Å². The predicted molar refractivity (Wildman–Crippen MR) is 120 cm³/mol. The Morgan fingerprint density at radius 1 is 1.00 bits per heavy atom. The van der Waals surface area contributed by atoms with Gasteiger partial charge in [0.15, 0.2) is 5.60 Å². The Morgan fingerprint density at radius 3 is 2.00 bits per heavy atom. The zero-order valence-electron chi connectivity index (χ0n) is 18.5. The number of rotatable bonds is 7. The molecule has 0 radical (unpaired) electrons. The lowest BCUT2D eigenvalue weighted by atomic mass is 9.86. The Bertz CT molecular complexity index is 905. The molecule has 2 saturated heterocycles. The van der Waals surface area contributed by atoms with Crippen LogP contribution in [0.5, 0.6) is 0 Å². The van der Waals surface area contributed by atoms with E-state index in [1.54, 1.807) is 4.90 Å².